The molecule has 0 saturated heterocycles. The second-order valence-corrected chi connectivity index (χ2v) is 8.77. The number of aryl methyl sites for hydroxylation is 2. The molecule has 2 aromatic carbocycles. The quantitative estimate of drug-likeness (QED) is 0.266. The molecule has 176 valence electrons. The Kier molecular flexibility index (Phi) is 11.3. The third-order valence-electron chi connectivity index (χ3n) is 4.39. The van der Waals surface area contributed by atoms with Crippen LogP contribution < -0.4 is 15.6 Å². The molecule has 33 heavy (non-hydrogen) atoms. The van der Waals surface area contributed by atoms with E-state index in [0.29, 0.717) is 11.3 Å². The minimum atomic E-state index is -3.89. The Labute approximate surface area is 194 Å². The Balaban J connectivity index is 0.000000451. The van der Waals surface area contributed by atoms with E-state index in [1.807, 2.05) is 30.6 Å². The number of sulfonamides is 1. The molecular formula is C24H29N3O5S. The predicted molar refractivity (Wildman–Crippen MR) is 130 cm³/mol. The van der Waals surface area contributed by atoms with Gasteiger partial charge in [-0.15, -0.1) is 0 Å². The first-order valence-electron chi connectivity index (χ1n) is 9.90. The number of hydrogen-bond donors (Lipinski definition) is 3. The van der Waals surface area contributed by atoms with Gasteiger partial charge in [0.2, 0.25) is 0 Å². The van der Waals surface area contributed by atoms with Gasteiger partial charge in [0, 0.05) is 0 Å². The van der Waals surface area contributed by atoms with E-state index in [1.54, 1.807) is 49.4 Å². The molecule has 1 aliphatic rings. The standard InChI is InChI=1S/C16H19N3O3S.C7H8.CH2O2/c1-12-7-9-14(10-8-12)19(11-16(20)18-17)23(21,22)15-6-4-3-5-13(15)2;1-7-5-3-2-4-6-7;2-1-3/h3-10H,11,17H2,1-2H3,(H,18,20);2-5H,1,6H2;1H,(H,2,3). The van der Waals surface area contributed by atoms with Crippen LogP contribution in [0.15, 0.2) is 89.9 Å². The number of carbonyl (C=O) groups is 2. The minimum absolute atomic E-state index is 0.158. The second-order valence-electron chi connectivity index (χ2n) is 6.94. The van der Waals surface area contributed by atoms with Crippen molar-refractivity contribution >= 4 is 28.1 Å². The number of nitrogens with zero attached hydrogens (tertiary/aromatic N) is 1. The van der Waals surface area contributed by atoms with Crippen molar-refractivity contribution in [2.24, 2.45) is 5.84 Å². The van der Waals surface area contributed by atoms with E-state index in [4.69, 9.17) is 15.7 Å². The maximum atomic E-state index is 13.0. The second kappa shape index (κ2) is 13.7. The smallest absolute Gasteiger partial charge is 0.290 e. The molecule has 0 saturated carbocycles. The molecule has 0 heterocycles. The van der Waals surface area contributed by atoms with Crippen molar-refractivity contribution in [1.82, 2.24) is 5.43 Å². The zero-order valence-electron chi connectivity index (χ0n) is 18.6. The number of hydrazine groups is 1. The van der Waals surface area contributed by atoms with E-state index < -0.39 is 22.5 Å². The summed E-state index contributed by atoms with van der Waals surface area (Å²) in [4.78, 5) is 20.2. The van der Waals surface area contributed by atoms with Crippen molar-refractivity contribution in [2.75, 3.05) is 10.8 Å². The van der Waals surface area contributed by atoms with Gasteiger partial charge in [0.15, 0.2) is 0 Å². The van der Waals surface area contributed by atoms with Crippen LogP contribution >= 0.6 is 0 Å². The fraction of sp³-hybridized carbons (Fsp3) is 0.167. The third-order valence-corrected chi connectivity index (χ3v) is 6.33. The SMILES string of the molecule is C=C1C=CC=CC1.Cc1ccc(N(CC(=O)NN)S(=O)(=O)c2ccccc2C)cc1.O=CO. The van der Waals surface area contributed by atoms with E-state index in [-0.39, 0.29) is 11.4 Å². The van der Waals surface area contributed by atoms with Crippen LogP contribution in [-0.2, 0) is 19.6 Å². The molecule has 0 aromatic heterocycles. The molecule has 3 rings (SSSR count). The van der Waals surface area contributed by atoms with Crippen molar-refractivity contribution in [1.29, 1.82) is 0 Å². The lowest BCUT2D eigenvalue weighted by Crippen LogP contribution is -2.43. The maximum Gasteiger partial charge on any atom is 0.290 e. The van der Waals surface area contributed by atoms with Gasteiger partial charge in [0.05, 0.1) is 10.6 Å². The molecular weight excluding hydrogens is 442 g/mol. The molecule has 0 spiro atoms. The van der Waals surface area contributed by atoms with Crippen molar-refractivity contribution in [3.05, 3.63) is 96.1 Å². The molecule has 1 aliphatic carbocycles. The van der Waals surface area contributed by atoms with Gasteiger partial charge in [-0.2, -0.15) is 0 Å². The molecule has 1 amide bonds. The topological polar surface area (TPSA) is 130 Å². The zero-order chi connectivity index (χ0) is 24.9. The summed E-state index contributed by atoms with van der Waals surface area (Å²) < 4.78 is 27.0. The Morgan fingerprint density at radius 3 is 2.21 bits per heavy atom. The van der Waals surface area contributed by atoms with Gasteiger partial charge in [-0.25, -0.2) is 14.3 Å². The molecule has 2 aromatic rings. The molecule has 0 unspecified atom stereocenters. The van der Waals surface area contributed by atoms with Crippen LogP contribution in [0, 0.1) is 13.8 Å². The number of carbonyl (C=O) groups excluding carboxylic acids is 1. The van der Waals surface area contributed by atoms with Crippen LogP contribution in [0.5, 0.6) is 0 Å². The van der Waals surface area contributed by atoms with Crippen molar-refractivity contribution in [3.8, 4) is 0 Å². The molecule has 8 nitrogen and oxygen atoms in total. The van der Waals surface area contributed by atoms with E-state index in [2.05, 4.69) is 12.7 Å². The number of nitrogens with one attached hydrogen (secondary N) is 1. The van der Waals surface area contributed by atoms with Crippen LogP contribution in [-0.4, -0.2) is 32.4 Å². The lowest BCUT2D eigenvalue weighted by Gasteiger charge is -2.24. The molecule has 0 aliphatic heterocycles. The first-order valence-corrected chi connectivity index (χ1v) is 11.3. The van der Waals surface area contributed by atoms with E-state index >= 15 is 0 Å². The number of carboxylic acid groups (broad SMARTS) is 1. The number of nitrogens with two attached hydrogens (primary N) is 1. The Morgan fingerprint density at radius 1 is 1.15 bits per heavy atom. The number of hydrogen-bond acceptors (Lipinski definition) is 5. The van der Waals surface area contributed by atoms with Gasteiger partial charge in [0.1, 0.15) is 6.54 Å². The van der Waals surface area contributed by atoms with Crippen LogP contribution in [0.25, 0.3) is 0 Å². The highest BCUT2D eigenvalue weighted by atomic mass is 32.2. The van der Waals surface area contributed by atoms with E-state index in [9.17, 15) is 13.2 Å². The fourth-order valence-electron chi connectivity index (χ4n) is 2.72. The number of anilines is 1. The van der Waals surface area contributed by atoms with Crippen molar-refractivity contribution in [3.63, 3.8) is 0 Å². The highest BCUT2D eigenvalue weighted by Crippen LogP contribution is 2.25. The first kappa shape index (κ1) is 27.3. The average Bonchev–Trinajstić information content (AvgIpc) is 2.79. The summed E-state index contributed by atoms with van der Waals surface area (Å²) in [5, 5.41) is 6.89. The zero-order valence-corrected chi connectivity index (χ0v) is 19.5. The molecule has 0 bridgehead atoms. The summed E-state index contributed by atoms with van der Waals surface area (Å²) >= 11 is 0. The Morgan fingerprint density at radius 2 is 1.76 bits per heavy atom. The predicted octanol–water partition coefficient (Wildman–Crippen LogP) is 3.25. The summed E-state index contributed by atoms with van der Waals surface area (Å²) in [6.07, 6.45) is 9.19. The van der Waals surface area contributed by atoms with Gasteiger partial charge >= 0.3 is 0 Å². The summed E-state index contributed by atoms with van der Waals surface area (Å²) in [7, 11) is -3.89. The van der Waals surface area contributed by atoms with Crippen molar-refractivity contribution < 1.29 is 23.1 Å². The van der Waals surface area contributed by atoms with Gasteiger partial charge in [-0.1, -0.05) is 72.4 Å². The monoisotopic (exact) mass is 471 g/mol. The largest absolute Gasteiger partial charge is 0.483 e. The van der Waals surface area contributed by atoms with E-state index in [0.717, 1.165) is 16.3 Å². The third kappa shape index (κ3) is 8.76. The lowest BCUT2D eigenvalue weighted by molar-refractivity contribution is -0.123. The van der Waals surface area contributed by atoms with Gasteiger partial charge < -0.3 is 5.11 Å². The van der Waals surface area contributed by atoms with Crippen molar-refractivity contribution in [2.45, 2.75) is 25.2 Å². The fourth-order valence-corrected chi connectivity index (χ4v) is 4.37. The summed E-state index contributed by atoms with van der Waals surface area (Å²) in [6.45, 7) is 6.74. The number of allylic oxidation sites excluding steroid dienone is 5. The normalized spacial score (nSPS) is 11.9. The van der Waals surface area contributed by atoms with Gasteiger partial charge in [-0.05, 0) is 44.0 Å². The Bertz CT molecular complexity index is 1110. The molecule has 0 atom stereocenters. The Hall–Kier alpha value is -3.69. The van der Waals surface area contributed by atoms with Crippen LogP contribution in [0.3, 0.4) is 0 Å². The highest BCUT2D eigenvalue weighted by Gasteiger charge is 2.28. The molecule has 0 radical (unpaired) electrons. The molecule has 4 N–H and O–H groups in total. The van der Waals surface area contributed by atoms with Crippen LogP contribution in [0.2, 0.25) is 0 Å². The minimum Gasteiger partial charge on any atom is -0.483 e. The van der Waals surface area contributed by atoms with Gasteiger partial charge in [0.25, 0.3) is 22.4 Å². The lowest BCUT2D eigenvalue weighted by atomic mass is 10.1. The summed E-state index contributed by atoms with van der Waals surface area (Å²) in [5.74, 6) is 4.52. The average molecular weight is 472 g/mol. The van der Waals surface area contributed by atoms with Gasteiger partial charge in [-0.3, -0.25) is 19.3 Å². The van der Waals surface area contributed by atoms with Crippen LogP contribution in [0.4, 0.5) is 5.69 Å². The molecule has 0 fully saturated rings. The van der Waals surface area contributed by atoms with Crippen LogP contribution in [0.1, 0.15) is 17.5 Å². The highest BCUT2D eigenvalue weighted by molar-refractivity contribution is 7.93. The number of benzene rings is 2. The first-order chi connectivity index (χ1) is 15.7. The number of amides is 1. The summed E-state index contributed by atoms with van der Waals surface area (Å²) in [6, 6.07) is 13.5. The number of rotatable bonds is 5. The summed E-state index contributed by atoms with van der Waals surface area (Å²) in [5.41, 5.74) is 5.17. The molecule has 9 heteroatoms. The maximum absolute atomic E-state index is 13.0. The van der Waals surface area contributed by atoms with E-state index in [1.165, 1.54) is 11.6 Å².